The van der Waals surface area contributed by atoms with E-state index in [9.17, 15) is 9.59 Å². The van der Waals surface area contributed by atoms with E-state index in [4.69, 9.17) is 0 Å². The summed E-state index contributed by atoms with van der Waals surface area (Å²) in [6.45, 7) is 3.70. The number of carbonyl (C=O) groups is 2. The molecule has 18 heavy (non-hydrogen) atoms. The highest BCUT2D eigenvalue weighted by molar-refractivity contribution is 9.10. The van der Waals surface area contributed by atoms with Gasteiger partial charge in [-0.3, -0.25) is 4.79 Å². The molecule has 1 heterocycles. The third kappa shape index (κ3) is 3.35. The lowest BCUT2D eigenvalue weighted by Crippen LogP contribution is -2.45. The van der Waals surface area contributed by atoms with Gasteiger partial charge in [0.25, 0.3) is 5.91 Å². The van der Waals surface area contributed by atoms with Crippen LogP contribution in [-0.4, -0.2) is 29.6 Å². The van der Waals surface area contributed by atoms with E-state index in [1.807, 2.05) is 13.8 Å². The van der Waals surface area contributed by atoms with Crippen molar-refractivity contribution in [1.29, 1.82) is 0 Å². The Balaban J connectivity index is 2.85. The van der Waals surface area contributed by atoms with E-state index in [1.165, 1.54) is 7.11 Å². The molecule has 1 N–H and O–H groups in total. The molecule has 0 bridgehead atoms. The summed E-state index contributed by atoms with van der Waals surface area (Å²) in [5.74, 6) is -0.774. The number of nitrogens with one attached hydrogen (secondary N) is 1. The van der Waals surface area contributed by atoms with Crippen LogP contribution in [-0.2, 0) is 16.6 Å². The van der Waals surface area contributed by atoms with Gasteiger partial charge in [0.2, 0.25) is 0 Å². The van der Waals surface area contributed by atoms with Gasteiger partial charge < -0.3 is 14.6 Å². The smallest absolute Gasteiger partial charge is 0.328 e. The van der Waals surface area contributed by atoms with Crippen LogP contribution in [0.3, 0.4) is 0 Å². The lowest BCUT2D eigenvalue weighted by molar-refractivity contribution is -0.144. The molecule has 0 fully saturated rings. The molecule has 0 saturated carbocycles. The third-order valence-electron chi connectivity index (χ3n) is 2.61. The van der Waals surface area contributed by atoms with E-state index in [-0.39, 0.29) is 11.8 Å². The van der Waals surface area contributed by atoms with Crippen LogP contribution in [0.1, 0.15) is 24.3 Å². The first-order valence-electron chi connectivity index (χ1n) is 5.57. The summed E-state index contributed by atoms with van der Waals surface area (Å²) in [7, 11) is 3.07. The van der Waals surface area contributed by atoms with Gasteiger partial charge in [-0.2, -0.15) is 0 Å². The molecule has 0 aliphatic carbocycles. The van der Waals surface area contributed by atoms with Gasteiger partial charge in [0.1, 0.15) is 11.7 Å². The van der Waals surface area contributed by atoms with Crippen LogP contribution in [0.25, 0.3) is 0 Å². The van der Waals surface area contributed by atoms with E-state index >= 15 is 0 Å². The molecule has 1 aromatic rings. The molecule has 5 nitrogen and oxygen atoms in total. The number of halogens is 1. The number of esters is 1. The molecule has 6 heteroatoms. The number of aromatic nitrogens is 1. The minimum Gasteiger partial charge on any atom is -0.467 e. The Labute approximate surface area is 115 Å². The summed E-state index contributed by atoms with van der Waals surface area (Å²) in [6, 6.07) is 1.06. The topological polar surface area (TPSA) is 60.3 Å². The molecule has 0 radical (unpaired) electrons. The molecule has 100 valence electrons. The fourth-order valence-corrected chi connectivity index (χ4v) is 2.11. The summed E-state index contributed by atoms with van der Waals surface area (Å²) in [4.78, 5) is 23.6. The fraction of sp³-hybridized carbons (Fsp3) is 0.500. The van der Waals surface area contributed by atoms with Crippen LogP contribution in [0.15, 0.2) is 16.7 Å². The van der Waals surface area contributed by atoms with Crippen LogP contribution in [0, 0.1) is 5.92 Å². The zero-order valence-electron chi connectivity index (χ0n) is 10.9. The van der Waals surface area contributed by atoms with Gasteiger partial charge in [-0.05, 0) is 27.9 Å². The van der Waals surface area contributed by atoms with Crippen molar-refractivity contribution in [2.45, 2.75) is 19.9 Å². The largest absolute Gasteiger partial charge is 0.467 e. The maximum atomic E-state index is 12.1. The van der Waals surface area contributed by atoms with Crippen LogP contribution in [0.5, 0.6) is 0 Å². The Kier molecular flexibility index (Phi) is 4.95. The molecule has 1 amide bonds. The van der Waals surface area contributed by atoms with E-state index in [2.05, 4.69) is 26.0 Å². The number of aryl methyl sites for hydroxylation is 1. The average molecular weight is 317 g/mol. The number of ether oxygens (including phenoxy) is 1. The maximum absolute atomic E-state index is 12.1. The number of amides is 1. The van der Waals surface area contributed by atoms with Crippen molar-refractivity contribution in [2.24, 2.45) is 13.0 Å². The first-order valence-corrected chi connectivity index (χ1v) is 6.36. The Morgan fingerprint density at radius 3 is 2.44 bits per heavy atom. The zero-order valence-corrected chi connectivity index (χ0v) is 12.4. The highest BCUT2D eigenvalue weighted by Crippen LogP contribution is 2.14. The predicted octanol–water partition coefficient (Wildman–Crippen LogP) is 1.71. The van der Waals surface area contributed by atoms with Gasteiger partial charge in [-0.25, -0.2) is 4.79 Å². The van der Waals surface area contributed by atoms with Crippen LogP contribution in [0.2, 0.25) is 0 Å². The molecular formula is C12H17BrN2O3. The predicted molar refractivity (Wildman–Crippen MR) is 71.2 cm³/mol. The summed E-state index contributed by atoms with van der Waals surface area (Å²) in [5, 5.41) is 2.68. The standard InChI is InChI=1S/C12H17BrN2O3/c1-7(2)10(12(17)18-4)14-11(16)9-5-8(13)6-15(9)3/h5-7,10H,1-4H3,(H,14,16)/t10-/m1/s1. The molecule has 0 aliphatic heterocycles. The summed E-state index contributed by atoms with van der Waals surface area (Å²) in [5.41, 5.74) is 0.483. The van der Waals surface area contributed by atoms with Crippen molar-refractivity contribution in [3.8, 4) is 0 Å². The first kappa shape index (κ1) is 14.8. The van der Waals surface area contributed by atoms with Crippen molar-refractivity contribution in [3.05, 3.63) is 22.4 Å². The van der Waals surface area contributed by atoms with Crippen LogP contribution >= 0.6 is 15.9 Å². The molecule has 0 spiro atoms. The highest BCUT2D eigenvalue weighted by Gasteiger charge is 2.26. The lowest BCUT2D eigenvalue weighted by atomic mass is 10.0. The molecular weight excluding hydrogens is 300 g/mol. The Morgan fingerprint density at radius 1 is 1.44 bits per heavy atom. The van der Waals surface area contributed by atoms with Crippen molar-refractivity contribution < 1.29 is 14.3 Å². The van der Waals surface area contributed by atoms with Gasteiger partial charge in [0.05, 0.1) is 7.11 Å². The van der Waals surface area contributed by atoms with Gasteiger partial charge in [-0.15, -0.1) is 0 Å². The number of nitrogens with zero attached hydrogens (tertiary/aromatic N) is 1. The summed E-state index contributed by atoms with van der Waals surface area (Å²) >= 11 is 3.30. The summed E-state index contributed by atoms with van der Waals surface area (Å²) < 4.78 is 7.18. The van der Waals surface area contributed by atoms with Crippen molar-refractivity contribution in [1.82, 2.24) is 9.88 Å². The quantitative estimate of drug-likeness (QED) is 0.860. The average Bonchev–Trinajstić information content (AvgIpc) is 2.63. The van der Waals surface area contributed by atoms with Gasteiger partial charge >= 0.3 is 5.97 Å². The second-order valence-electron chi connectivity index (χ2n) is 4.37. The van der Waals surface area contributed by atoms with Crippen LogP contribution < -0.4 is 5.32 Å². The Bertz CT molecular complexity index is 454. The van der Waals surface area contributed by atoms with Gasteiger partial charge in [0.15, 0.2) is 0 Å². The van der Waals surface area contributed by atoms with Crippen LogP contribution in [0.4, 0.5) is 0 Å². The number of hydrogen-bond acceptors (Lipinski definition) is 3. The molecule has 0 aromatic carbocycles. The Hall–Kier alpha value is -1.30. The van der Waals surface area contributed by atoms with Gasteiger partial charge in [0, 0.05) is 17.7 Å². The molecule has 0 unspecified atom stereocenters. The lowest BCUT2D eigenvalue weighted by Gasteiger charge is -2.19. The minimum absolute atomic E-state index is 0.0369. The van der Waals surface area contributed by atoms with E-state index in [0.29, 0.717) is 5.69 Å². The zero-order chi connectivity index (χ0) is 13.9. The van der Waals surface area contributed by atoms with Gasteiger partial charge in [-0.1, -0.05) is 13.8 Å². The second kappa shape index (κ2) is 6.04. The SMILES string of the molecule is COC(=O)[C@H](NC(=O)c1cc(Br)cn1C)C(C)C. The number of carbonyl (C=O) groups excluding carboxylic acids is 2. The number of hydrogen-bond donors (Lipinski definition) is 1. The maximum Gasteiger partial charge on any atom is 0.328 e. The molecule has 1 atom stereocenters. The molecule has 1 rings (SSSR count). The van der Waals surface area contributed by atoms with E-state index in [0.717, 1.165) is 4.47 Å². The number of methoxy groups -OCH3 is 1. The Morgan fingerprint density at radius 2 is 2.06 bits per heavy atom. The summed E-state index contributed by atoms with van der Waals surface area (Å²) in [6.07, 6.45) is 1.78. The minimum atomic E-state index is -0.642. The third-order valence-corrected chi connectivity index (χ3v) is 3.05. The van der Waals surface area contributed by atoms with Crippen molar-refractivity contribution in [3.63, 3.8) is 0 Å². The monoisotopic (exact) mass is 316 g/mol. The van der Waals surface area contributed by atoms with E-state index in [1.54, 1.807) is 23.9 Å². The van der Waals surface area contributed by atoms with E-state index < -0.39 is 12.0 Å². The van der Waals surface area contributed by atoms with Crippen molar-refractivity contribution >= 4 is 27.8 Å². The fourth-order valence-electron chi connectivity index (χ4n) is 1.59. The molecule has 0 aliphatic rings. The second-order valence-corrected chi connectivity index (χ2v) is 5.29. The highest BCUT2D eigenvalue weighted by atomic mass is 79.9. The van der Waals surface area contributed by atoms with Crippen molar-refractivity contribution in [2.75, 3.05) is 7.11 Å². The molecule has 0 saturated heterocycles. The molecule has 1 aromatic heterocycles. The first-order chi connectivity index (χ1) is 8.36. The number of rotatable bonds is 4. The normalized spacial score (nSPS) is 12.3.